The summed E-state index contributed by atoms with van der Waals surface area (Å²) in [5.41, 5.74) is 2.44. The van der Waals surface area contributed by atoms with Crippen LogP contribution >= 0.6 is 0 Å². The standard InChI is InChI=1S/C14H21N5/c1-3-11-9-12(4-2)19(17-11)10-14-16-15-13-7-5-6-8-18(13)14/h9H,3-8,10H2,1-2H3. The highest BCUT2D eigenvalue weighted by molar-refractivity contribution is 5.12. The van der Waals surface area contributed by atoms with Crippen molar-refractivity contribution in [2.24, 2.45) is 0 Å². The lowest BCUT2D eigenvalue weighted by molar-refractivity contribution is 0.492. The van der Waals surface area contributed by atoms with Crippen LogP contribution in [0.15, 0.2) is 6.07 Å². The molecule has 5 heteroatoms. The second kappa shape index (κ2) is 5.15. The summed E-state index contributed by atoms with van der Waals surface area (Å²) in [5, 5.41) is 13.3. The number of hydrogen-bond acceptors (Lipinski definition) is 3. The Labute approximate surface area is 113 Å². The van der Waals surface area contributed by atoms with Crippen LogP contribution in [0.5, 0.6) is 0 Å². The molecule has 0 aromatic carbocycles. The molecule has 0 amide bonds. The molecule has 0 aliphatic carbocycles. The number of aromatic nitrogens is 5. The van der Waals surface area contributed by atoms with Crippen LogP contribution in [0.25, 0.3) is 0 Å². The van der Waals surface area contributed by atoms with Gasteiger partial charge in [0.15, 0.2) is 5.82 Å². The molecule has 3 heterocycles. The van der Waals surface area contributed by atoms with E-state index in [0.29, 0.717) is 0 Å². The first-order chi connectivity index (χ1) is 9.31. The third kappa shape index (κ3) is 2.29. The molecule has 0 fully saturated rings. The van der Waals surface area contributed by atoms with Gasteiger partial charge in [-0.15, -0.1) is 10.2 Å². The summed E-state index contributed by atoms with van der Waals surface area (Å²) in [6.07, 6.45) is 5.52. The molecule has 0 spiro atoms. The Kier molecular flexibility index (Phi) is 3.36. The largest absolute Gasteiger partial charge is 0.313 e. The first kappa shape index (κ1) is 12.4. The van der Waals surface area contributed by atoms with Gasteiger partial charge in [-0.25, -0.2) is 0 Å². The predicted octanol–water partition coefficient (Wildman–Crippen LogP) is 1.98. The molecule has 0 N–H and O–H groups in total. The predicted molar refractivity (Wildman–Crippen MR) is 73.0 cm³/mol. The fourth-order valence-corrected chi connectivity index (χ4v) is 2.73. The third-order valence-electron chi connectivity index (χ3n) is 3.87. The highest BCUT2D eigenvalue weighted by Gasteiger charge is 2.17. The van der Waals surface area contributed by atoms with Gasteiger partial charge in [-0.05, 0) is 31.7 Å². The highest BCUT2D eigenvalue weighted by Crippen LogP contribution is 2.16. The van der Waals surface area contributed by atoms with Crippen molar-refractivity contribution < 1.29 is 0 Å². The topological polar surface area (TPSA) is 48.5 Å². The van der Waals surface area contributed by atoms with Crippen molar-refractivity contribution in [3.63, 3.8) is 0 Å². The van der Waals surface area contributed by atoms with Crippen molar-refractivity contribution >= 4 is 0 Å². The Morgan fingerprint density at radius 2 is 2.05 bits per heavy atom. The van der Waals surface area contributed by atoms with E-state index in [1.807, 2.05) is 0 Å². The van der Waals surface area contributed by atoms with Crippen LogP contribution in [0.4, 0.5) is 0 Å². The van der Waals surface area contributed by atoms with E-state index in [9.17, 15) is 0 Å². The minimum atomic E-state index is 0.746. The molecule has 2 aromatic rings. The van der Waals surface area contributed by atoms with Gasteiger partial charge in [-0.2, -0.15) is 5.10 Å². The molecule has 2 aromatic heterocycles. The number of aryl methyl sites for hydroxylation is 3. The van der Waals surface area contributed by atoms with Crippen molar-refractivity contribution in [1.82, 2.24) is 24.5 Å². The first-order valence-corrected chi connectivity index (χ1v) is 7.28. The Balaban J connectivity index is 1.88. The molecule has 5 nitrogen and oxygen atoms in total. The number of hydrogen-bond donors (Lipinski definition) is 0. The molecule has 0 radical (unpaired) electrons. The zero-order valence-electron chi connectivity index (χ0n) is 11.8. The maximum atomic E-state index is 4.66. The molecule has 1 aliphatic rings. The van der Waals surface area contributed by atoms with Gasteiger partial charge in [-0.1, -0.05) is 13.8 Å². The van der Waals surface area contributed by atoms with Crippen LogP contribution in [0.3, 0.4) is 0 Å². The summed E-state index contributed by atoms with van der Waals surface area (Å²) in [7, 11) is 0. The van der Waals surface area contributed by atoms with Crippen LogP contribution in [0.2, 0.25) is 0 Å². The molecule has 0 atom stereocenters. The molecule has 19 heavy (non-hydrogen) atoms. The molecule has 0 unspecified atom stereocenters. The molecule has 3 rings (SSSR count). The van der Waals surface area contributed by atoms with E-state index >= 15 is 0 Å². The van der Waals surface area contributed by atoms with E-state index in [1.165, 1.54) is 18.5 Å². The molecule has 102 valence electrons. The zero-order chi connectivity index (χ0) is 13.2. The normalized spacial score (nSPS) is 14.6. The number of rotatable bonds is 4. The van der Waals surface area contributed by atoms with Crippen LogP contribution in [0, 0.1) is 0 Å². The van der Waals surface area contributed by atoms with Crippen LogP contribution in [-0.4, -0.2) is 24.5 Å². The van der Waals surface area contributed by atoms with Gasteiger partial charge >= 0.3 is 0 Å². The lowest BCUT2D eigenvalue weighted by Gasteiger charge is -2.15. The molecule has 0 saturated heterocycles. The van der Waals surface area contributed by atoms with Gasteiger partial charge in [0.1, 0.15) is 12.4 Å². The maximum Gasteiger partial charge on any atom is 0.154 e. The highest BCUT2D eigenvalue weighted by atomic mass is 15.3. The minimum absolute atomic E-state index is 0.746. The van der Waals surface area contributed by atoms with Gasteiger partial charge in [0.25, 0.3) is 0 Å². The zero-order valence-corrected chi connectivity index (χ0v) is 11.8. The fourth-order valence-electron chi connectivity index (χ4n) is 2.73. The molecule has 0 bridgehead atoms. The number of fused-ring (bicyclic) bond motifs is 1. The van der Waals surface area contributed by atoms with E-state index in [0.717, 1.165) is 49.7 Å². The van der Waals surface area contributed by atoms with E-state index in [4.69, 9.17) is 0 Å². The Morgan fingerprint density at radius 1 is 1.16 bits per heavy atom. The van der Waals surface area contributed by atoms with Gasteiger partial charge < -0.3 is 4.57 Å². The lowest BCUT2D eigenvalue weighted by Crippen LogP contribution is -2.16. The summed E-state index contributed by atoms with van der Waals surface area (Å²) < 4.78 is 4.36. The summed E-state index contributed by atoms with van der Waals surface area (Å²) in [5.74, 6) is 2.19. The third-order valence-corrected chi connectivity index (χ3v) is 3.87. The molecular weight excluding hydrogens is 238 g/mol. The second-order valence-corrected chi connectivity index (χ2v) is 5.13. The average molecular weight is 259 g/mol. The van der Waals surface area contributed by atoms with Gasteiger partial charge in [-0.3, -0.25) is 4.68 Å². The average Bonchev–Trinajstić information content (AvgIpc) is 3.04. The molecule has 1 aliphatic heterocycles. The van der Waals surface area contributed by atoms with Crippen LogP contribution in [0.1, 0.15) is 49.7 Å². The monoisotopic (exact) mass is 259 g/mol. The van der Waals surface area contributed by atoms with Gasteiger partial charge in [0, 0.05) is 18.7 Å². The van der Waals surface area contributed by atoms with Crippen molar-refractivity contribution in [1.29, 1.82) is 0 Å². The SMILES string of the molecule is CCc1cc(CC)n(Cc2nnc3n2CCCC3)n1. The van der Waals surface area contributed by atoms with E-state index in [-0.39, 0.29) is 0 Å². The van der Waals surface area contributed by atoms with Gasteiger partial charge in [0.2, 0.25) is 0 Å². The molecule has 0 saturated carbocycles. The van der Waals surface area contributed by atoms with Gasteiger partial charge in [0.05, 0.1) is 5.69 Å². The van der Waals surface area contributed by atoms with Crippen molar-refractivity contribution in [3.8, 4) is 0 Å². The van der Waals surface area contributed by atoms with Crippen molar-refractivity contribution in [2.75, 3.05) is 0 Å². The second-order valence-electron chi connectivity index (χ2n) is 5.13. The summed E-state index contributed by atoms with van der Waals surface area (Å²) in [4.78, 5) is 0. The quantitative estimate of drug-likeness (QED) is 0.843. The minimum Gasteiger partial charge on any atom is -0.313 e. The number of nitrogens with zero attached hydrogens (tertiary/aromatic N) is 5. The van der Waals surface area contributed by atoms with E-state index in [2.05, 4.69) is 44.5 Å². The Hall–Kier alpha value is -1.65. The smallest absolute Gasteiger partial charge is 0.154 e. The fraction of sp³-hybridized carbons (Fsp3) is 0.643. The Morgan fingerprint density at radius 3 is 2.84 bits per heavy atom. The van der Waals surface area contributed by atoms with Crippen LogP contribution < -0.4 is 0 Å². The van der Waals surface area contributed by atoms with E-state index < -0.39 is 0 Å². The summed E-state index contributed by atoms with van der Waals surface area (Å²) in [6, 6.07) is 2.20. The van der Waals surface area contributed by atoms with Crippen molar-refractivity contribution in [3.05, 3.63) is 29.1 Å². The maximum absolute atomic E-state index is 4.66. The van der Waals surface area contributed by atoms with Crippen molar-refractivity contribution in [2.45, 2.75) is 59.0 Å². The lowest BCUT2D eigenvalue weighted by atomic mass is 10.2. The summed E-state index contributed by atoms with van der Waals surface area (Å²) in [6.45, 7) is 6.12. The Bertz CT molecular complexity index is 566. The van der Waals surface area contributed by atoms with E-state index in [1.54, 1.807) is 0 Å². The summed E-state index contributed by atoms with van der Waals surface area (Å²) >= 11 is 0. The van der Waals surface area contributed by atoms with Crippen LogP contribution in [-0.2, 0) is 32.4 Å². The first-order valence-electron chi connectivity index (χ1n) is 7.28. The molecular formula is C14H21N5.